The molecular formula is C13H12ClN3O2. The van der Waals surface area contributed by atoms with Crippen molar-refractivity contribution in [1.29, 1.82) is 0 Å². The summed E-state index contributed by atoms with van der Waals surface area (Å²) in [5.41, 5.74) is 1.92. The van der Waals surface area contributed by atoms with Gasteiger partial charge in [0.25, 0.3) is 11.5 Å². The van der Waals surface area contributed by atoms with E-state index in [4.69, 9.17) is 11.6 Å². The number of benzene rings is 1. The van der Waals surface area contributed by atoms with E-state index in [0.717, 1.165) is 5.69 Å². The summed E-state index contributed by atoms with van der Waals surface area (Å²) in [6, 6.07) is 6.84. The highest BCUT2D eigenvalue weighted by atomic mass is 35.5. The van der Waals surface area contributed by atoms with Crippen molar-refractivity contribution >= 4 is 17.5 Å². The summed E-state index contributed by atoms with van der Waals surface area (Å²) < 4.78 is 0. The number of halogens is 1. The minimum Gasteiger partial charge on any atom is -0.334 e. The minimum atomic E-state index is -0.154. The molecule has 0 atom stereocenters. The van der Waals surface area contributed by atoms with E-state index in [0.29, 0.717) is 35.7 Å². The van der Waals surface area contributed by atoms with Crippen LogP contribution in [-0.4, -0.2) is 27.5 Å². The molecule has 3 rings (SSSR count). The molecule has 2 aromatic rings. The predicted molar refractivity (Wildman–Crippen MR) is 71.3 cm³/mol. The van der Waals surface area contributed by atoms with Gasteiger partial charge in [-0.05, 0) is 18.2 Å². The molecule has 6 heteroatoms. The first kappa shape index (κ1) is 12.0. The molecule has 1 aromatic heterocycles. The van der Waals surface area contributed by atoms with E-state index in [9.17, 15) is 9.59 Å². The molecule has 1 amide bonds. The number of carbonyl (C=O) groups is 1. The number of carbonyl (C=O) groups excluding carboxylic acids is 1. The van der Waals surface area contributed by atoms with Gasteiger partial charge in [-0.2, -0.15) is 0 Å². The Bertz CT molecular complexity index is 689. The molecule has 2 heterocycles. The first-order valence-corrected chi connectivity index (χ1v) is 6.36. The number of hydrogen-bond acceptors (Lipinski definition) is 2. The molecule has 98 valence electrons. The second-order valence-electron chi connectivity index (χ2n) is 4.52. The van der Waals surface area contributed by atoms with E-state index in [1.54, 1.807) is 29.2 Å². The van der Waals surface area contributed by atoms with Crippen molar-refractivity contribution in [2.45, 2.75) is 13.0 Å². The van der Waals surface area contributed by atoms with Gasteiger partial charge in [0.2, 0.25) is 0 Å². The van der Waals surface area contributed by atoms with Crippen molar-refractivity contribution in [3.05, 3.63) is 56.5 Å². The van der Waals surface area contributed by atoms with E-state index in [-0.39, 0.29) is 11.5 Å². The molecule has 19 heavy (non-hydrogen) atoms. The lowest BCUT2D eigenvalue weighted by Gasteiger charge is -2.26. The number of nitrogens with one attached hydrogen (secondary N) is 2. The SMILES string of the molecule is O=C(c1cccc(Cl)c1)N1CCc2[nH][nH]c(=O)c2C1. The molecule has 1 aliphatic rings. The maximum atomic E-state index is 12.3. The van der Waals surface area contributed by atoms with Gasteiger partial charge in [0.15, 0.2) is 0 Å². The van der Waals surface area contributed by atoms with Crippen molar-refractivity contribution in [3.63, 3.8) is 0 Å². The van der Waals surface area contributed by atoms with Crippen molar-refractivity contribution in [2.24, 2.45) is 0 Å². The van der Waals surface area contributed by atoms with Crippen LogP contribution in [-0.2, 0) is 13.0 Å². The fourth-order valence-corrected chi connectivity index (χ4v) is 2.49. The maximum Gasteiger partial charge on any atom is 0.269 e. The number of amides is 1. The topological polar surface area (TPSA) is 69.0 Å². The lowest BCUT2D eigenvalue weighted by Crippen LogP contribution is -2.37. The minimum absolute atomic E-state index is 0.103. The highest BCUT2D eigenvalue weighted by Crippen LogP contribution is 2.18. The van der Waals surface area contributed by atoms with Gasteiger partial charge in [-0.3, -0.25) is 14.7 Å². The van der Waals surface area contributed by atoms with Gasteiger partial charge >= 0.3 is 0 Å². The Balaban J connectivity index is 1.87. The fourth-order valence-electron chi connectivity index (χ4n) is 2.29. The van der Waals surface area contributed by atoms with E-state index >= 15 is 0 Å². The van der Waals surface area contributed by atoms with Gasteiger partial charge in [0, 0.05) is 29.2 Å². The Kier molecular flexibility index (Phi) is 2.91. The zero-order chi connectivity index (χ0) is 13.4. The van der Waals surface area contributed by atoms with E-state index < -0.39 is 0 Å². The third kappa shape index (κ3) is 2.17. The van der Waals surface area contributed by atoms with Crippen molar-refractivity contribution in [3.8, 4) is 0 Å². The zero-order valence-electron chi connectivity index (χ0n) is 10.1. The van der Waals surface area contributed by atoms with E-state index in [2.05, 4.69) is 10.2 Å². The molecule has 0 radical (unpaired) electrons. The molecule has 0 saturated heterocycles. The van der Waals surface area contributed by atoms with Gasteiger partial charge in [-0.1, -0.05) is 17.7 Å². The summed E-state index contributed by atoms with van der Waals surface area (Å²) in [5, 5.41) is 5.92. The van der Waals surface area contributed by atoms with Crippen LogP contribution in [0, 0.1) is 0 Å². The number of nitrogens with zero attached hydrogens (tertiary/aromatic N) is 1. The second-order valence-corrected chi connectivity index (χ2v) is 4.96. The molecule has 0 fully saturated rings. The van der Waals surface area contributed by atoms with Crippen LogP contribution in [0.1, 0.15) is 21.6 Å². The Hall–Kier alpha value is -2.01. The maximum absolute atomic E-state index is 12.3. The van der Waals surface area contributed by atoms with Crippen LogP contribution in [0.2, 0.25) is 5.02 Å². The number of rotatable bonds is 1. The van der Waals surface area contributed by atoms with Crippen molar-refractivity contribution < 1.29 is 4.79 Å². The second kappa shape index (κ2) is 4.59. The largest absolute Gasteiger partial charge is 0.334 e. The lowest BCUT2D eigenvalue weighted by molar-refractivity contribution is 0.0734. The molecule has 0 unspecified atom stereocenters. The smallest absolute Gasteiger partial charge is 0.269 e. The summed E-state index contributed by atoms with van der Waals surface area (Å²) >= 11 is 5.89. The van der Waals surface area contributed by atoms with Crippen LogP contribution in [0.15, 0.2) is 29.1 Å². The average molecular weight is 278 g/mol. The van der Waals surface area contributed by atoms with Gasteiger partial charge in [0.05, 0.1) is 12.1 Å². The molecule has 5 nitrogen and oxygen atoms in total. The van der Waals surface area contributed by atoms with Crippen molar-refractivity contribution in [1.82, 2.24) is 15.1 Å². The van der Waals surface area contributed by atoms with Gasteiger partial charge < -0.3 is 10.00 Å². The quantitative estimate of drug-likeness (QED) is 0.830. The number of fused-ring (bicyclic) bond motifs is 1. The number of H-pyrrole nitrogens is 2. The summed E-state index contributed by atoms with van der Waals surface area (Å²) in [5.74, 6) is -0.103. The third-order valence-electron chi connectivity index (χ3n) is 3.30. The molecule has 0 bridgehead atoms. The predicted octanol–water partition coefficient (Wildman–Crippen LogP) is 1.55. The average Bonchev–Trinajstić information content (AvgIpc) is 2.79. The van der Waals surface area contributed by atoms with Crippen LogP contribution in [0.5, 0.6) is 0 Å². The van der Waals surface area contributed by atoms with Crippen LogP contribution in [0.3, 0.4) is 0 Å². The van der Waals surface area contributed by atoms with Crippen LogP contribution < -0.4 is 5.56 Å². The van der Waals surface area contributed by atoms with Gasteiger partial charge in [-0.15, -0.1) is 0 Å². The molecule has 0 saturated carbocycles. The lowest BCUT2D eigenvalue weighted by atomic mass is 10.1. The normalized spacial score (nSPS) is 14.3. The number of aromatic amines is 2. The van der Waals surface area contributed by atoms with Gasteiger partial charge in [0.1, 0.15) is 0 Å². The standard InChI is InChI=1S/C13H12ClN3O2/c14-9-3-1-2-8(6-9)13(19)17-5-4-11-10(7-17)12(18)16-15-11/h1-3,6H,4-5,7H2,(H2,15,16,18). The number of aromatic nitrogens is 2. The zero-order valence-corrected chi connectivity index (χ0v) is 10.8. The Morgan fingerprint density at radius 3 is 2.95 bits per heavy atom. The summed E-state index contributed by atoms with van der Waals surface area (Å²) in [7, 11) is 0. The molecule has 0 aliphatic carbocycles. The summed E-state index contributed by atoms with van der Waals surface area (Å²) in [4.78, 5) is 25.6. The highest BCUT2D eigenvalue weighted by Gasteiger charge is 2.24. The van der Waals surface area contributed by atoms with Gasteiger partial charge in [-0.25, -0.2) is 0 Å². The Labute approximate surface area is 114 Å². The van der Waals surface area contributed by atoms with Crippen LogP contribution >= 0.6 is 11.6 Å². The van der Waals surface area contributed by atoms with Crippen LogP contribution in [0.25, 0.3) is 0 Å². The van der Waals surface area contributed by atoms with Crippen LogP contribution in [0.4, 0.5) is 0 Å². The first-order valence-electron chi connectivity index (χ1n) is 5.98. The van der Waals surface area contributed by atoms with Crippen molar-refractivity contribution in [2.75, 3.05) is 6.54 Å². The molecular weight excluding hydrogens is 266 g/mol. The fraction of sp³-hybridized carbons (Fsp3) is 0.231. The molecule has 2 N–H and O–H groups in total. The summed E-state index contributed by atoms with van der Waals surface area (Å²) in [6.45, 7) is 0.922. The molecule has 1 aliphatic heterocycles. The molecule has 0 spiro atoms. The Morgan fingerprint density at radius 2 is 2.16 bits per heavy atom. The third-order valence-corrected chi connectivity index (χ3v) is 3.54. The monoisotopic (exact) mass is 277 g/mol. The summed E-state index contributed by atoms with van der Waals surface area (Å²) in [6.07, 6.45) is 0.653. The first-order chi connectivity index (χ1) is 9.15. The number of hydrogen-bond donors (Lipinski definition) is 2. The van der Waals surface area contributed by atoms with E-state index in [1.807, 2.05) is 0 Å². The Morgan fingerprint density at radius 1 is 1.32 bits per heavy atom. The molecule has 1 aromatic carbocycles. The van der Waals surface area contributed by atoms with E-state index in [1.165, 1.54) is 0 Å². The highest BCUT2D eigenvalue weighted by molar-refractivity contribution is 6.30.